The van der Waals surface area contributed by atoms with Crippen molar-refractivity contribution >= 4 is 16.5 Å². The van der Waals surface area contributed by atoms with Gasteiger partial charge in [-0.1, -0.05) is 25.1 Å². The molecule has 3 nitrogen and oxygen atoms in total. The molecule has 0 aliphatic carbocycles. The van der Waals surface area contributed by atoms with Gasteiger partial charge in [0.05, 0.1) is 0 Å². The molecular weight excluding hydrogens is 248 g/mol. The van der Waals surface area contributed by atoms with Crippen molar-refractivity contribution in [3.05, 3.63) is 60.4 Å². The van der Waals surface area contributed by atoms with E-state index < -0.39 is 0 Å². The lowest BCUT2D eigenvalue weighted by Gasteiger charge is -2.12. The maximum atomic E-state index is 6.09. The second-order valence-electron chi connectivity index (χ2n) is 4.64. The number of nitrogen functional groups attached to an aromatic ring is 1. The molecule has 20 heavy (non-hydrogen) atoms. The molecular formula is C17H16N2O. The third-order valence-electron chi connectivity index (χ3n) is 3.39. The topological polar surface area (TPSA) is 48.1 Å². The Morgan fingerprint density at radius 1 is 1.00 bits per heavy atom. The van der Waals surface area contributed by atoms with E-state index in [2.05, 4.69) is 18.0 Å². The van der Waals surface area contributed by atoms with E-state index in [0.717, 1.165) is 28.7 Å². The highest BCUT2D eigenvalue weighted by Crippen LogP contribution is 2.33. The Labute approximate surface area is 118 Å². The predicted molar refractivity (Wildman–Crippen MR) is 82.0 cm³/mol. The highest BCUT2D eigenvalue weighted by Gasteiger charge is 2.08. The molecule has 0 atom stereocenters. The molecule has 0 saturated carbocycles. The number of anilines is 1. The number of benzene rings is 2. The first-order chi connectivity index (χ1) is 9.79. The molecule has 3 rings (SSSR count). The predicted octanol–water partition coefficient (Wildman–Crippen LogP) is 4.17. The van der Waals surface area contributed by atoms with Gasteiger partial charge >= 0.3 is 0 Å². The van der Waals surface area contributed by atoms with Crippen LogP contribution in [0.2, 0.25) is 0 Å². The fourth-order valence-corrected chi connectivity index (χ4v) is 2.29. The lowest BCUT2D eigenvalue weighted by atomic mass is 10.1. The molecule has 0 amide bonds. The number of para-hydroxylation sites is 1. The summed E-state index contributed by atoms with van der Waals surface area (Å²) >= 11 is 0. The van der Waals surface area contributed by atoms with Crippen LogP contribution in [0.5, 0.6) is 11.5 Å². The van der Waals surface area contributed by atoms with Crippen LogP contribution in [0.1, 0.15) is 12.5 Å². The van der Waals surface area contributed by atoms with Gasteiger partial charge in [0.15, 0.2) is 0 Å². The number of ether oxygens (including phenoxy) is 1. The van der Waals surface area contributed by atoms with Crippen molar-refractivity contribution < 1.29 is 4.74 Å². The largest absolute Gasteiger partial charge is 0.456 e. The number of fused-ring (bicyclic) bond motifs is 1. The Bertz CT molecular complexity index is 753. The van der Waals surface area contributed by atoms with Gasteiger partial charge in [-0.05, 0) is 36.2 Å². The Hall–Kier alpha value is -2.55. The average Bonchev–Trinajstić information content (AvgIpc) is 2.51. The number of nitrogens with two attached hydrogens (primary N) is 1. The van der Waals surface area contributed by atoms with Crippen molar-refractivity contribution in [1.82, 2.24) is 4.98 Å². The minimum atomic E-state index is 0.712. The van der Waals surface area contributed by atoms with E-state index >= 15 is 0 Å². The number of rotatable bonds is 3. The molecule has 100 valence electrons. The van der Waals surface area contributed by atoms with Crippen LogP contribution in [0.15, 0.2) is 54.9 Å². The number of hydrogen-bond donors (Lipinski definition) is 1. The number of aromatic nitrogens is 1. The quantitative estimate of drug-likeness (QED) is 0.722. The second kappa shape index (κ2) is 5.21. The molecule has 3 aromatic rings. The SMILES string of the molecule is CCc1ccccc1Oc1ccc(N)c2cnccc12. The number of hydrogen-bond acceptors (Lipinski definition) is 3. The molecule has 0 aliphatic heterocycles. The smallest absolute Gasteiger partial charge is 0.135 e. The van der Waals surface area contributed by atoms with Gasteiger partial charge in [0, 0.05) is 28.9 Å². The summed E-state index contributed by atoms with van der Waals surface area (Å²) in [4.78, 5) is 4.12. The van der Waals surface area contributed by atoms with E-state index in [4.69, 9.17) is 10.5 Å². The van der Waals surface area contributed by atoms with Gasteiger partial charge in [-0.3, -0.25) is 4.98 Å². The van der Waals surface area contributed by atoms with Crippen LogP contribution in [-0.2, 0) is 6.42 Å². The molecule has 2 aromatic carbocycles. The van der Waals surface area contributed by atoms with E-state index in [0.29, 0.717) is 5.69 Å². The molecule has 0 bridgehead atoms. The summed E-state index contributed by atoms with van der Waals surface area (Å²) in [5.41, 5.74) is 7.88. The van der Waals surface area contributed by atoms with E-state index in [9.17, 15) is 0 Å². The van der Waals surface area contributed by atoms with E-state index in [1.807, 2.05) is 36.4 Å². The maximum Gasteiger partial charge on any atom is 0.135 e. The molecule has 0 spiro atoms. The second-order valence-corrected chi connectivity index (χ2v) is 4.64. The van der Waals surface area contributed by atoms with Crippen molar-refractivity contribution in [1.29, 1.82) is 0 Å². The molecule has 1 aromatic heterocycles. The van der Waals surface area contributed by atoms with Gasteiger partial charge in [0.2, 0.25) is 0 Å². The molecule has 0 radical (unpaired) electrons. The fourth-order valence-electron chi connectivity index (χ4n) is 2.29. The van der Waals surface area contributed by atoms with Crippen LogP contribution in [-0.4, -0.2) is 4.98 Å². The van der Waals surface area contributed by atoms with Crippen LogP contribution < -0.4 is 10.5 Å². The first kappa shape index (κ1) is 12.5. The zero-order valence-electron chi connectivity index (χ0n) is 11.3. The molecule has 0 saturated heterocycles. The molecule has 2 N–H and O–H groups in total. The monoisotopic (exact) mass is 264 g/mol. The Morgan fingerprint density at radius 2 is 1.85 bits per heavy atom. The zero-order valence-corrected chi connectivity index (χ0v) is 11.3. The summed E-state index contributed by atoms with van der Waals surface area (Å²) < 4.78 is 6.09. The minimum absolute atomic E-state index is 0.712. The third-order valence-corrected chi connectivity index (χ3v) is 3.39. The summed E-state index contributed by atoms with van der Waals surface area (Å²) in [6, 6.07) is 13.8. The summed E-state index contributed by atoms with van der Waals surface area (Å²) in [7, 11) is 0. The van der Waals surface area contributed by atoms with Gasteiger partial charge in [0.1, 0.15) is 11.5 Å². The third kappa shape index (κ3) is 2.18. The van der Waals surface area contributed by atoms with Crippen molar-refractivity contribution in [2.75, 3.05) is 5.73 Å². The minimum Gasteiger partial charge on any atom is -0.456 e. The number of pyridine rings is 1. The van der Waals surface area contributed by atoms with Gasteiger partial charge in [0.25, 0.3) is 0 Å². The molecule has 1 heterocycles. The van der Waals surface area contributed by atoms with E-state index in [-0.39, 0.29) is 0 Å². The maximum absolute atomic E-state index is 6.09. The van der Waals surface area contributed by atoms with Gasteiger partial charge < -0.3 is 10.5 Å². The first-order valence-electron chi connectivity index (χ1n) is 6.67. The Kier molecular flexibility index (Phi) is 3.25. The molecule has 3 heteroatoms. The van der Waals surface area contributed by atoms with Crippen molar-refractivity contribution in [3.63, 3.8) is 0 Å². The normalized spacial score (nSPS) is 10.7. The summed E-state index contributed by atoms with van der Waals surface area (Å²) in [5.74, 6) is 1.69. The highest BCUT2D eigenvalue weighted by molar-refractivity contribution is 5.96. The van der Waals surface area contributed by atoms with Crippen LogP contribution in [0.4, 0.5) is 5.69 Å². The van der Waals surface area contributed by atoms with Gasteiger partial charge in [-0.25, -0.2) is 0 Å². The van der Waals surface area contributed by atoms with Crippen molar-refractivity contribution in [2.45, 2.75) is 13.3 Å². The van der Waals surface area contributed by atoms with E-state index in [1.165, 1.54) is 5.56 Å². The standard InChI is InChI=1S/C17H16N2O/c1-2-12-5-3-4-6-16(12)20-17-8-7-15(18)14-11-19-10-9-13(14)17/h3-11H,2,18H2,1H3. The van der Waals surface area contributed by atoms with Crippen LogP contribution in [0.25, 0.3) is 10.8 Å². The summed E-state index contributed by atoms with van der Waals surface area (Å²) in [6.45, 7) is 2.12. The lowest BCUT2D eigenvalue weighted by molar-refractivity contribution is 0.482. The Balaban J connectivity index is 2.09. The van der Waals surface area contributed by atoms with Crippen LogP contribution in [0.3, 0.4) is 0 Å². The lowest BCUT2D eigenvalue weighted by Crippen LogP contribution is -1.93. The number of nitrogens with zero attached hydrogens (tertiary/aromatic N) is 1. The average molecular weight is 264 g/mol. The van der Waals surface area contributed by atoms with Gasteiger partial charge in [-0.15, -0.1) is 0 Å². The van der Waals surface area contributed by atoms with Crippen LogP contribution >= 0.6 is 0 Å². The summed E-state index contributed by atoms with van der Waals surface area (Å²) in [6.07, 6.45) is 4.45. The first-order valence-corrected chi connectivity index (χ1v) is 6.67. The highest BCUT2D eigenvalue weighted by atomic mass is 16.5. The fraction of sp³-hybridized carbons (Fsp3) is 0.118. The molecule has 0 unspecified atom stereocenters. The van der Waals surface area contributed by atoms with Crippen molar-refractivity contribution in [3.8, 4) is 11.5 Å². The van der Waals surface area contributed by atoms with Crippen molar-refractivity contribution in [2.24, 2.45) is 0 Å². The molecule has 0 fully saturated rings. The van der Waals surface area contributed by atoms with Gasteiger partial charge in [-0.2, -0.15) is 0 Å². The molecule has 0 aliphatic rings. The van der Waals surface area contributed by atoms with E-state index in [1.54, 1.807) is 12.4 Å². The Morgan fingerprint density at radius 3 is 2.70 bits per heavy atom. The summed E-state index contributed by atoms with van der Waals surface area (Å²) in [5, 5.41) is 1.89. The zero-order chi connectivity index (χ0) is 13.9. The van der Waals surface area contributed by atoms with Crippen LogP contribution in [0, 0.1) is 0 Å². The number of aryl methyl sites for hydroxylation is 1.